The van der Waals surface area contributed by atoms with Crippen molar-refractivity contribution >= 4 is 16.0 Å². The number of ether oxygens (including phenoxy) is 1. The zero-order chi connectivity index (χ0) is 17.0. The van der Waals surface area contributed by atoms with Crippen LogP contribution < -0.4 is 0 Å². The van der Waals surface area contributed by atoms with Gasteiger partial charge in [0.25, 0.3) is 10.1 Å². The molecule has 0 spiro atoms. The highest BCUT2D eigenvalue weighted by Crippen LogP contribution is 2.30. The van der Waals surface area contributed by atoms with E-state index in [1.807, 2.05) is 13.8 Å². The summed E-state index contributed by atoms with van der Waals surface area (Å²) in [7, 11) is -4.37. The maximum Gasteiger partial charge on any atom is 0.294 e. The number of aryl methyl sites for hydroxylation is 1. The summed E-state index contributed by atoms with van der Waals surface area (Å²) in [6, 6.07) is 4.67. The first kappa shape index (κ1) is 17.9. The molecular weight excluding hydrogens is 318 g/mol. The second kappa shape index (κ2) is 7.42. The summed E-state index contributed by atoms with van der Waals surface area (Å²) in [5, 5.41) is 0. The van der Waals surface area contributed by atoms with E-state index in [9.17, 15) is 17.8 Å². The SMILES string of the molecule is CCC[C@@H](C(=O)N1CCOCC1)c1cc(C)ccc1S(=O)(=O)O. The molecule has 1 aromatic carbocycles. The van der Waals surface area contributed by atoms with Crippen LogP contribution in [0.2, 0.25) is 0 Å². The van der Waals surface area contributed by atoms with E-state index in [0.29, 0.717) is 38.3 Å². The molecule has 0 aliphatic carbocycles. The summed E-state index contributed by atoms with van der Waals surface area (Å²) < 4.78 is 38.1. The predicted molar refractivity (Wildman–Crippen MR) is 86.0 cm³/mol. The third-order valence-electron chi connectivity index (χ3n) is 4.02. The van der Waals surface area contributed by atoms with E-state index in [1.165, 1.54) is 6.07 Å². The first-order chi connectivity index (χ1) is 10.8. The van der Waals surface area contributed by atoms with Gasteiger partial charge >= 0.3 is 0 Å². The van der Waals surface area contributed by atoms with Crippen LogP contribution in [-0.2, 0) is 19.6 Å². The van der Waals surface area contributed by atoms with Crippen LogP contribution in [0.1, 0.15) is 36.8 Å². The Morgan fingerprint density at radius 2 is 2.00 bits per heavy atom. The molecule has 1 aliphatic rings. The fourth-order valence-corrected chi connectivity index (χ4v) is 3.62. The maximum atomic E-state index is 12.9. The molecule has 1 amide bonds. The van der Waals surface area contributed by atoms with Gasteiger partial charge in [0.2, 0.25) is 5.91 Å². The summed E-state index contributed by atoms with van der Waals surface area (Å²) in [4.78, 5) is 14.4. The molecule has 23 heavy (non-hydrogen) atoms. The fraction of sp³-hybridized carbons (Fsp3) is 0.562. The zero-order valence-corrected chi connectivity index (χ0v) is 14.3. The van der Waals surface area contributed by atoms with E-state index in [4.69, 9.17) is 4.74 Å². The normalized spacial score (nSPS) is 17.1. The van der Waals surface area contributed by atoms with Crippen LogP contribution in [0, 0.1) is 6.92 Å². The van der Waals surface area contributed by atoms with E-state index in [1.54, 1.807) is 17.0 Å². The highest BCUT2D eigenvalue weighted by molar-refractivity contribution is 7.85. The van der Waals surface area contributed by atoms with Crippen molar-refractivity contribution in [2.75, 3.05) is 26.3 Å². The molecule has 0 unspecified atom stereocenters. The lowest BCUT2D eigenvalue weighted by Crippen LogP contribution is -2.43. The van der Waals surface area contributed by atoms with Gasteiger partial charge in [-0.15, -0.1) is 0 Å². The second-order valence-corrected chi connectivity index (χ2v) is 7.19. The molecule has 2 rings (SSSR count). The van der Waals surface area contributed by atoms with Gasteiger partial charge in [-0.3, -0.25) is 9.35 Å². The highest BCUT2D eigenvalue weighted by Gasteiger charge is 2.30. The number of carbonyl (C=O) groups excluding carboxylic acids is 1. The van der Waals surface area contributed by atoms with Crippen LogP contribution in [0.4, 0.5) is 0 Å². The Kier molecular flexibility index (Phi) is 5.78. The van der Waals surface area contributed by atoms with Crippen molar-refractivity contribution in [3.8, 4) is 0 Å². The van der Waals surface area contributed by atoms with Crippen LogP contribution in [0.3, 0.4) is 0 Å². The first-order valence-corrected chi connectivity index (χ1v) is 9.23. The molecule has 0 saturated carbocycles. The third kappa shape index (κ3) is 4.31. The number of hydrogen-bond donors (Lipinski definition) is 1. The lowest BCUT2D eigenvalue weighted by atomic mass is 9.91. The quantitative estimate of drug-likeness (QED) is 0.828. The van der Waals surface area contributed by atoms with Crippen molar-refractivity contribution in [1.29, 1.82) is 0 Å². The molecule has 7 heteroatoms. The summed E-state index contributed by atoms with van der Waals surface area (Å²) in [5.74, 6) is -0.680. The Balaban J connectivity index is 2.44. The molecule has 1 atom stereocenters. The Morgan fingerprint density at radius 1 is 1.35 bits per heavy atom. The maximum absolute atomic E-state index is 12.9. The number of nitrogens with zero attached hydrogens (tertiary/aromatic N) is 1. The number of amides is 1. The number of rotatable bonds is 5. The first-order valence-electron chi connectivity index (χ1n) is 7.79. The third-order valence-corrected chi connectivity index (χ3v) is 4.94. The second-order valence-electron chi connectivity index (χ2n) is 5.80. The molecule has 1 aliphatic heterocycles. The van der Waals surface area contributed by atoms with Crippen LogP contribution in [0.5, 0.6) is 0 Å². The molecular formula is C16H23NO5S. The van der Waals surface area contributed by atoms with Gasteiger partial charge < -0.3 is 9.64 Å². The van der Waals surface area contributed by atoms with Gasteiger partial charge in [-0.2, -0.15) is 8.42 Å². The van der Waals surface area contributed by atoms with Crippen LogP contribution in [0.25, 0.3) is 0 Å². The molecule has 1 N–H and O–H groups in total. The van der Waals surface area contributed by atoms with Gasteiger partial charge in [-0.1, -0.05) is 31.0 Å². The molecule has 0 radical (unpaired) electrons. The molecule has 1 saturated heterocycles. The van der Waals surface area contributed by atoms with E-state index in [-0.39, 0.29) is 10.8 Å². The van der Waals surface area contributed by atoms with Crippen LogP contribution in [-0.4, -0.2) is 50.1 Å². The summed E-state index contributed by atoms with van der Waals surface area (Å²) in [6.07, 6.45) is 1.27. The lowest BCUT2D eigenvalue weighted by Gasteiger charge is -2.31. The molecule has 0 aromatic heterocycles. The minimum atomic E-state index is -4.37. The van der Waals surface area contributed by atoms with Gasteiger partial charge in [0.05, 0.1) is 24.0 Å². The molecule has 0 bridgehead atoms. The van der Waals surface area contributed by atoms with Crippen molar-refractivity contribution in [2.24, 2.45) is 0 Å². The summed E-state index contributed by atoms with van der Waals surface area (Å²) in [6.45, 7) is 5.77. The van der Waals surface area contributed by atoms with Gasteiger partial charge in [0.15, 0.2) is 0 Å². The van der Waals surface area contributed by atoms with Crippen molar-refractivity contribution in [3.05, 3.63) is 29.3 Å². The minimum absolute atomic E-state index is 0.106. The van der Waals surface area contributed by atoms with Gasteiger partial charge in [-0.05, 0) is 25.0 Å². The Bertz CT molecular complexity index is 665. The highest BCUT2D eigenvalue weighted by atomic mass is 32.2. The van der Waals surface area contributed by atoms with Crippen LogP contribution in [0.15, 0.2) is 23.1 Å². The van der Waals surface area contributed by atoms with Crippen molar-refractivity contribution in [1.82, 2.24) is 4.90 Å². The topological polar surface area (TPSA) is 83.9 Å². The zero-order valence-electron chi connectivity index (χ0n) is 13.5. The Hall–Kier alpha value is -1.44. The van der Waals surface area contributed by atoms with Crippen molar-refractivity contribution in [2.45, 2.75) is 37.5 Å². The Labute approximate surface area is 137 Å². The summed E-state index contributed by atoms with van der Waals surface area (Å²) >= 11 is 0. The molecule has 1 fully saturated rings. The van der Waals surface area contributed by atoms with Crippen LogP contribution >= 0.6 is 0 Å². The van der Waals surface area contributed by atoms with Gasteiger partial charge in [-0.25, -0.2) is 0 Å². The smallest absolute Gasteiger partial charge is 0.294 e. The van der Waals surface area contributed by atoms with Crippen molar-refractivity contribution < 1.29 is 22.5 Å². The fourth-order valence-electron chi connectivity index (χ4n) is 2.88. The van der Waals surface area contributed by atoms with Crippen molar-refractivity contribution in [3.63, 3.8) is 0 Å². The van der Waals surface area contributed by atoms with E-state index >= 15 is 0 Å². The van der Waals surface area contributed by atoms with E-state index in [2.05, 4.69) is 0 Å². The number of carbonyl (C=O) groups is 1. The monoisotopic (exact) mass is 341 g/mol. The molecule has 1 aromatic rings. The summed E-state index contributed by atoms with van der Waals surface area (Å²) in [5.41, 5.74) is 1.23. The Morgan fingerprint density at radius 3 is 2.57 bits per heavy atom. The molecule has 6 nitrogen and oxygen atoms in total. The average molecular weight is 341 g/mol. The predicted octanol–water partition coefficient (Wildman–Crippen LogP) is 1.98. The number of hydrogen-bond acceptors (Lipinski definition) is 4. The largest absolute Gasteiger partial charge is 0.378 e. The minimum Gasteiger partial charge on any atom is -0.378 e. The van der Waals surface area contributed by atoms with E-state index < -0.39 is 16.0 Å². The molecule has 1 heterocycles. The average Bonchev–Trinajstić information content (AvgIpc) is 2.51. The van der Waals surface area contributed by atoms with E-state index in [0.717, 1.165) is 12.0 Å². The lowest BCUT2D eigenvalue weighted by molar-refractivity contribution is -0.137. The van der Waals surface area contributed by atoms with Gasteiger partial charge in [0.1, 0.15) is 0 Å². The number of morpholine rings is 1. The standard InChI is InChI=1S/C16H23NO5S/c1-3-4-13(16(18)17-7-9-22-10-8-17)14-11-12(2)5-6-15(14)23(19,20)21/h5-6,11,13H,3-4,7-10H2,1-2H3,(H,19,20,21)/t13-/m1/s1. The van der Waals surface area contributed by atoms with Gasteiger partial charge in [0, 0.05) is 13.1 Å². The molecule has 128 valence electrons. The number of benzene rings is 1.